The van der Waals surface area contributed by atoms with E-state index >= 15 is 0 Å². The number of anilines is 1. The Hall–Kier alpha value is -2.95. The zero-order valence-corrected chi connectivity index (χ0v) is 16.5. The topological polar surface area (TPSA) is 69.7 Å². The minimum Gasteiger partial charge on any atom is -0.370 e. The molecule has 0 aliphatic carbocycles. The summed E-state index contributed by atoms with van der Waals surface area (Å²) < 4.78 is 8.02. The Morgan fingerprint density at radius 2 is 2.10 bits per heavy atom. The first-order valence-electron chi connectivity index (χ1n) is 10.1. The van der Waals surface area contributed by atoms with Gasteiger partial charge in [0.05, 0.1) is 29.6 Å². The van der Waals surface area contributed by atoms with Crippen molar-refractivity contribution in [1.82, 2.24) is 19.5 Å². The van der Waals surface area contributed by atoms with Gasteiger partial charge in [-0.1, -0.05) is 0 Å². The van der Waals surface area contributed by atoms with Gasteiger partial charge in [-0.3, -0.25) is 9.88 Å². The van der Waals surface area contributed by atoms with Crippen LogP contribution < -0.4 is 4.90 Å². The van der Waals surface area contributed by atoms with Crippen LogP contribution in [-0.2, 0) is 17.7 Å². The number of hydrogen-bond acceptors (Lipinski definition) is 6. The summed E-state index contributed by atoms with van der Waals surface area (Å²) in [4.78, 5) is 9.10. The van der Waals surface area contributed by atoms with E-state index in [1.54, 1.807) is 10.7 Å². The Morgan fingerprint density at radius 3 is 3.00 bits per heavy atom. The maximum atomic E-state index is 9.34. The third kappa shape index (κ3) is 3.46. The number of morpholine rings is 1. The average molecular weight is 388 g/mol. The molecule has 0 saturated carbocycles. The van der Waals surface area contributed by atoms with E-state index in [0.717, 1.165) is 50.3 Å². The lowest BCUT2D eigenvalue weighted by Crippen LogP contribution is -2.51. The number of rotatable bonds is 3. The number of ether oxygens (including phenoxy) is 1. The summed E-state index contributed by atoms with van der Waals surface area (Å²) in [5, 5.41) is 13.7. The number of hydrogen-bond donors (Lipinski definition) is 0. The van der Waals surface area contributed by atoms with Crippen LogP contribution in [0.4, 0.5) is 5.69 Å². The highest BCUT2D eigenvalue weighted by atomic mass is 16.5. The Morgan fingerprint density at radius 1 is 1.17 bits per heavy atom. The second-order valence-corrected chi connectivity index (χ2v) is 7.95. The Balaban J connectivity index is 1.34. The Labute approximate surface area is 170 Å². The maximum absolute atomic E-state index is 9.34. The smallest absolute Gasteiger partial charge is 0.142 e. The number of aromatic nitrogens is 3. The van der Waals surface area contributed by atoms with Crippen LogP contribution in [0.2, 0.25) is 0 Å². The highest BCUT2D eigenvalue weighted by molar-refractivity contribution is 5.74. The average Bonchev–Trinajstić information content (AvgIpc) is 3.22. The van der Waals surface area contributed by atoms with Crippen molar-refractivity contribution in [2.75, 3.05) is 31.1 Å². The molecule has 2 aliphatic rings. The predicted octanol–water partition coefficient (Wildman–Crippen LogP) is 2.25. The summed E-state index contributed by atoms with van der Waals surface area (Å²) >= 11 is 0. The molecule has 0 N–H and O–H groups in total. The molecule has 2 unspecified atom stereocenters. The van der Waals surface area contributed by atoms with Crippen molar-refractivity contribution in [3.05, 3.63) is 59.7 Å². The van der Waals surface area contributed by atoms with Crippen molar-refractivity contribution < 1.29 is 4.74 Å². The van der Waals surface area contributed by atoms with Gasteiger partial charge in [0, 0.05) is 45.1 Å². The molecule has 0 radical (unpaired) electrons. The number of nitrogens with zero attached hydrogens (tertiary/aromatic N) is 6. The first-order valence-corrected chi connectivity index (χ1v) is 10.1. The van der Waals surface area contributed by atoms with Gasteiger partial charge in [0.2, 0.25) is 0 Å². The molecule has 7 heteroatoms. The van der Waals surface area contributed by atoms with Gasteiger partial charge in [0.25, 0.3) is 0 Å². The summed E-state index contributed by atoms with van der Waals surface area (Å²) in [6, 6.07) is 10.2. The molecule has 3 aromatic rings. The summed E-state index contributed by atoms with van der Waals surface area (Å²) in [6.07, 6.45) is 6.96. The number of pyridine rings is 2. The van der Waals surface area contributed by atoms with E-state index in [-0.39, 0.29) is 12.2 Å². The first kappa shape index (κ1) is 18.1. The molecule has 5 heterocycles. The van der Waals surface area contributed by atoms with Crippen LogP contribution in [0.15, 0.2) is 42.9 Å². The molecule has 1 saturated heterocycles. The van der Waals surface area contributed by atoms with Crippen LogP contribution in [0.5, 0.6) is 0 Å². The fraction of sp³-hybridized carbons (Fsp3) is 0.409. The summed E-state index contributed by atoms with van der Waals surface area (Å²) in [5.74, 6) is 0. The van der Waals surface area contributed by atoms with Crippen molar-refractivity contribution in [2.24, 2.45) is 0 Å². The normalized spacial score (nSPS) is 22.4. The van der Waals surface area contributed by atoms with Crippen LogP contribution in [0.25, 0.3) is 5.52 Å². The fourth-order valence-corrected chi connectivity index (χ4v) is 4.58. The van der Waals surface area contributed by atoms with Gasteiger partial charge in [-0.2, -0.15) is 10.4 Å². The predicted molar refractivity (Wildman–Crippen MR) is 110 cm³/mol. The number of nitriles is 1. The molecule has 29 heavy (non-hydrogen) atoms. The van der Waals surface area contributed by atoms with Crippen LogP contribution in [0.3, 0.4) is 0 Å². The molecule has 2 atom stereocenters. The molecule has 0 amide bonds. The van der Waals surface area contributed by atoms with Gasteiger partial charge in [0.15, 0.2) is 0 Å². The highest BCUT2D eigenvalue weighted by Crippen LogP contribution is 2.27. The van der Waals surface area contributed by atoms with E-state index in [0.29, 0.717) is 5.69 Å². The van der Waals surface area contributed by atoms with Gasteiger partial charge < -0.3 is 9.64 Å². The lowest BCUT2D eigenvalue weighted by atomic mass is 10.0. The standard InChI is InChI=1S/C22H24N6O/c1-16-12-27(21-3-2-19(10-23)28-22(21)5-8-25-28)15-20(29-16)14-26-9-6-17-11-24-7-4-18(17)13-26/h2-5,7-8,11,16,20H,6,9,12-15H2,1H3. The lowest BCUT2D eigenvalue weighted by Gasteiger charge is -2.41. The van der Waals surface area contributed by atoms with Gasteiger partial charge in [-0.25, -0.2) is 4.52 Å². The summed E-state index contributed by atoms with van der Waals surface area (Å²) in [6.45, 7) is 6.70. The molecule has 0 aromatic carbocycles. The lowest BCUT2D eigenvalue weighted by molar-refractivity contribution is -0.0340. The van der Waals surface area contributed by atoms with Gasteiger partial charge >= 0.3 is 0 Å². The molecule has 5 rings (SSSR count). The maximum Gasteiger partial charge on any atom is 0.142 e. The van der Waals surface area contributed by atoms with E-state index in [2.05, 4.69) is 38.9 Å². The van der Waals surface area contributed by atoms with Crippen LogP contribution in [-0.4, -0.2) is 57.9 Å². The van der Waals surface area contributed by atoms with Crippen molar-refractivity contribution in [2.45, 2.75) is 32.1 Å². The van der Waals surface area contributed by atoms with Crippen molar-refractivity contribution in [3.8, 4) is 6.07 Å². The van der Waals surface area contributed by atoms with Crippen molar-refractivity contribution in [1.29, 1.82) is 5.26 Å². The number of fused-ring (bicyclic) bond motifs is 2. The first-order chi connectivity index (χ1) is 14.2. The third-order valence-electron chi connectivity index (χ3n) is 5.87. The SMILES string of the molecule is CC1CN(c2ccc(C#N)n3nccc23)CC(CN2CCc3cnccc3C2)O1. The van der Waals surface area contributed by atoms with E-state index in [1.165, 1.54) is 11.1 Å². The van der Waals surface area contributed by atoms with Crippen molar-refractivity contribution in [3.63, 3.8) is 0 Å². The van der Waals surface area contributed by atoms with Crippen molar-refractivity contribution >= 4 is 11.2 Å². The van der Waals surface area contributed by atoms with E-state index in [4.69, 9.17) is 4.74 Å². The Kier molecular flexibility index (Phi) is 4.66. The molecule has 3 aromatic heterocycles. The Bertz CT molecular complexity index is 1070. The van der Waals surface area contributed by atoms with E-state index in [1.807, 2.05) is 30.6 Å². The molecule has 0 spiro atoms. The zero-order valence-electron chi connectivity index (χ0n) is 16.5. The second kappa shape index (κ2) is 7.47. The summed E-state index contributed by atoms with van der Waals surface area (Å²) in [5.41, 5.74) is 5.37. The monoisotopic (exact) mass is 388 g/mol. The molecular weight excluding hydrogens is 364 g/mol. The molecule has 2 aliphatic heterocycles. The third-order valence-corrected chi connectivity index (χ3v) is 5.87. The fourth-order valence-electron chi connectivity index (χ4n) is 4.58. The second-order valence-electron chi connectivity index (χ2n) is 7.95. The molecule has 1 fully saturated rings. The molecule has 148 valence electrons. The highest BCUT2D eigenvalue weighted by Gasteiger charge is 2.29. The molecule has 7 nitrogen and oxygen atoms in total. The quantitative estimate of drug-likeness (QED) is 0.686. The van der Waals surface area contributed by atoms with Gasteiger partial charge in [0.1, 0.15) is 11.8 Å². The summed E-state index contributed by atoms with van der Waals surface area (Å²) in [7, 11) is 0. The van der Waals surface area contributed by atoms with Crippen LogP contribution in [0.1, 0.15) is 23.7 Å². The van der Waals surface area contributed by atoms with E-state index < -0.39 is 0 Å². The minimum absolute atomic E-state index is 0.140. The zero-order chi connectivity index (χ0) is 19.8. The van der Waals surface area contributed by atoms with Gasteiger partial charge in [-0.05, 0) is 48.7 Å². The van der Waals surface area contributed by atoms with Crippen LogP contribution >= 0.6 is 0 Å². The van der Waals surface area contributed by atoms with Gasteiger partial charge in [-0.15, -0.1) is 0 Å². The minimum atomic E-state index is 0.140. The largest absolute Gasteiger partial charge is 0.370 e. The van der Waals surface area contributed by atoms with E-state index in [9.17, 15) is 5.26 Å². The van der Waals surface area contributed by atoms with Crippen LogP contribution in [0, 0.1) is 11.3 Å². The molecular formula is C22H24N6O. The molecule has 0 bridgehead atoms.